The summed E-state index contributed by atoms with van der Waals surface area (Å²) in [5, 5.41) is 20.1. The van der Waals surface area contributed by atoms with Crippen LogP contribution < -0.4 is 0 Å². The van der Waals surface area contributed by atoms with E-state index >= 15 is 0 Å². The molecule has 0 radical (unpaired) electrons. The van der Waals surface area contributed by atoms with Crippen molar-refractivity contribution in [2.45, 2.75) is 91.0 Å². The summed E-state index contributed by atoms with van der Waals surface area (Å²) < 4.78 is 5.96. The molecular weight excluding hydrogens is 340 g/mol. The Morgan fingerprint density at radius 2 is 2.00 bits per heavy atom. The van der Waals surface area contributed by atoms with E-state index in [1.807, 2.05) is 20.8 Å². The number of hydrogen-bond donors (Lipinski definition) is 2. The molecule has 0 aromatic carbocycles. The van der Waals surface area contributed by atoms with Crippen LogP contribution in [-0.2, 0) is 9.53 Å². The largest absolute Gasteiger partial charge is 0.461 e. The SMILES string of the molecule is CC[C@H](O)C[C@H](O)CC[C@@H]1C2C(=CCC[C@@H]2OC(=O)[C@@H](C)CC)C=C[C@@H]1C. The second-order valence-electron chi connectivity index (χ2n) is 8.50. The third-order valence-electron chi connectivity index (χ3n) is 6.48. The first kappa shape index (κ1) is 22.2. The Bertz CT molecular complexity index is 538. The number of esters is 1. The van der Waals surface area contributed by atoms with Gasteiger partial charge < -0.3 is 14.9 Å². The van der Waals surface area contributed by atoms with Crippen LogP contribution in [0.15, 0.2) is 23.8 Å². The van der Waals surface area contributed by atoms with Crippen molar-refractivity contribution in [1.29, 1.82) is 0 Å². The van der Waals surface area contributed by atoms with Gasteiger partial charge in [0.25, 0.3) is 0 Å². The minimum atomic E-state index is -0.477. The minimum absolute atomic E-state index is 0.0632. The number of carbonyl (C=O) groups is 1. The summed E-state index contributed by atoms with van der Waals surface area (Å²) in [5.74, 6) is 0.806. The van der Waals surface area contributed by atoms with Crippen molar-refractivity contribution in [3.8, 4) is 0 Å². The predicted octanol–water partition coefficient (Wildman–Crippen LogP) is 4.40. The van der Waals surface area contributed by atoms with Crippen molar-refractivity contribution in [2.75, 3.05) is 0 Å². The molecule has 2 rings (SSSR count). The van der Waals surface area contributed by atoms with Crippen LogP contribution >= 0.6 is 0 Å². The molecule has 2 N–H and O–H groups in total. The Kier molecular flexibility index (Phi) is 8.56. The molecular formula is C23H38O4. The van der Waals surface area contributed by atoms with E-state index in [4.69, 9.17) is 4.74 Å². The fourth-order valence-electron chi connectivity index (χ4n) is 4.37. The monoisotopic (exact) mass is 378 g/mol. The summed E-state index contributed by atoms with van der Waals surface area (Å²) in [7, 11) is 0. The van der Waals surface area contributed by atoms with Crippen LogP contribution in [0.3, 0.4) is 0 Å². The van der Waals surface area contributed by atoms with Gasteiger partial charge in [-0.3, -0.25) is 4.79 Å². The fraction of sp³-hybridized carbons (Fsp3) is 0.783. The van der Waals surface area contributed by atoms with Gasteiger partial charge in [-0.2, -0.15) is 0 Å². The number of allylic oxidation sites excluding steroid dienone is 3. The molecule has 0 amide bonds. The van der Waals surface area contributed by atoms with E-state index in [1.165, 1.54) is 5.57 Å². The Labute approximate surface area is 164 Å². The van der Waals surface area contributed by atoms with Gasteiger partial charge in [0.1, 0.15) is 6.10 Å². The molecule has 0 saturated heterocycles. The van der Waals surface area contributed by atoms with Crippen molar-refractivity contribution in [1.82, 2.24) is 0 Å². The van der Waals surface area contributed by atoms with Gasteiger partial charge in [0, 0.05) is 5.92 Å². The van der Waals surface area contributed by atoms with Crippen LogP contribution in [0.4, 0.5) is 0 Å². The molecule has 0 spiro atoms. The molecule has 4 nitrogen and oxygen atoms in total. The Balaban J connectivity index is 2.07. The zero-order valence-corrected chi connectivity index (χ0v) is 17.4. The molecule has 0 heterocycles. The maximum absolute atomic E-state index is 12.4. The lowest BCUT2D eigenvalue weighted by Crippen LogP contribution is -2.40. The first-order chi connectivity index (χ1) is 12.9. The van der Waals surface area contributed by atoms with Gasteiger partial charge >= 0.3 is 5.97 Å². The Morgan fingerprint density at radius 3 is 2.67 bits per heavy atom. The standard InChI is InChI=1S/C23H38O4/c1-5-15(3)23(26)27-21-9-7-8-17-11-10-16(4)20(22(17)21)13-12-19(25)14-18(24)6-2/h8,10-11,15-16,18-22,24-25H,5-7,9,12-14H2,1-4H3/t15-,16-,18-,19+,20-,21-,22?/m0/s1. The molecule has 4 heteroatoms. The molecule has 7 atom stereocenters. The lowest BCUT2D eigenvalue weighted by molar-refractivity contribution is -0.157. The Morgan fingerprint density at radius 1 is 1.26 bits per heavy atom. The molecule has 0 fully saturated rings. The maximum Gasteiger partial charge on any atom is 0.308 e. The van der Waals surface area contributed by atoms with Crippen LogP contribution in [0.25, 0.3) is 0 Å². The number of hydrogen-bond acceptors (Lipinski definition) is 4. The highest BCUT2D eigenvalue weighted by molar-refractivity contribution is 5.72. The van der Waals surface area contributed by atoms with Crippen molar-refractivity contribution in [2.24, 2.45) is 23.7 Å². The average molecular weight is 379 g/mol. The van der Waals surface area contributed by atoms with Crippen molar-refractivity contribution in [3.63, 3.8) is 0 Å². The second kappa shape index (κ2) is 10.4. The first-order valence-corrected chi connectivity index (χ1v) is 10.8. The van der Waals surface area contributed by atoms with Gasteiger partial charge in [-0.25, -0.2) is 0 Å². The van der Waals surface area contributed by atoms with E-state index in [1.54, 1.807) is 0 Å². The average Bonchev–Trinajstić information content (AvgIpc) is 2.66. The molecule has 0 aromatic rings. The lowest BCUT2D eigenvalue weighted by Gasteiger charge is -2.42. The Hall–Kier alpha value is -1.13. The summed E-state index contributed by atoms with van der Waals surface area (Å²) in [6, 6.07) is 0. The molecule has 0 aliphatic heterocycles. The van der Waals surface area contributed by atoms with Gasteiger partial charge in [-0.05, 0) is 62.4 Å². The van der Waals surface area contributed by atoms with Crippen molar-refractivity contribution >= 4 is 5.97 Å². The quantitative estimate of drug-likeness (QED) is 0.583. The topological polar surface area (TPSA) is 66.8 Å². The molecule has 154 valence electrons. The highest BCUT2D eigenvalue weighted by atomic mass is 16.5. The number of ether oxygens (including phenoxy) is 1. The molecule has 2 aliphatic rings. The minimum Gasteiger partial charge on any atom is -0.461 e. The molecule has 0 saturated carbocycles. The number of aliphatic hydroxyl groups is 2. The van der Waals surface area contributed by atoms with Gasteiger partial charge in [-0.1, -0.05) is 45.9 Å². The first-order valence-electron chi connectivity index (χ1n) is 10.8. The summed E-state index contributed by atoms with van der Waals surface area (Å²) in [5.41, 5.74) is 1.29. The van der Waals surface area contributed by atoms with Crippen LogP contribution in [0.2, 0.25) is 0 Å². The van der Waals surface area contributed by atoms with Crippen molar-refractivity contribution in [3.05, 3.63) is 23.8 Å². The van der Waals surface area contributed by atoms with E-state index in [2.05, 4.69) is 25.2 Å². The van der Waals surface area contributed by atoms with Gasteiger partial charge in [-0.15, -0.1) is 0 Å². The molecule has 1 unspecified atom stereocenters. The third-order valence-corrected chi connectivity index (χ3v) is 6.48. The van der Waals surface area contributed by atoms with Crippen LogP contribution in [0.5, 0.6) is 0 Å². The number of fused-ring (bicyclic) bond motifs is 1. The van der Waals surface area contributed by atoms with E-state index in [0.29, 0.717) is 31.1 Å². The van der Waals surface area contributed by atoms with E-state index in [-0.39, 0.29) is 23.9 Å². The third kappa shape index (κ3) is 5.92. The maximum atomic E-state index is 12.4. The smallest absolute Gasteiger partial charge is 0.308 e. The number of carbonyl (C=O) groups excluding carboxylic acids is 1. The summed E-state index contributed by atoms with van der Waals surface area (Å²) >= 11 is 0. The van der Waals surface area contributed by atoms with E-state index in [9.17, 15) is 15.0 Å². The zero-order chi connectivity index (χ0) is 20.0. The van der Waals surface area contributed by atoms with Gasteiger partial charge in [0.15, 0.2) is 0 Å². The van der Waals surface area contributed by atoms with Gasteiger partial charge in [0.05, 0.1) is 18.1 Å². The second-order valence-corrected chi connectivity index (χ2v) is 8.50. The zero-order valence-electron chi connectivity index (χ0n) is 17.4. The molecule has 0 bridgehead atoms. The molecule has 2 aliphatic carbocycles. The summed E-state index contributed by atoms with van der Waals surface area (Å²) in [4.78, 5) is 12.4. The van der Waals surface area contributed by atoms with E-state index in [0.717, 1.165) is 25.7 Å². The number of aliphatic hydroxyl groups excluding tert-OH is 2. The highest BCUT2D eigenvalue weighted by Gasteiger charge is 2.40. The van der Waals surface area contributed by atoms with Crippen LogP contribution in [0, 0.1) is 23.7 Å². The molecule has 0 aromatic heterocycles. The van der Waals surface area contributed by atoms with E-state index < -0.39 is 12.2 Å². The van der Waals surface area contributed by atoms with Gasteiger partial charge in [0.2, 0.25) is 0 Å². The highest BCUT2D eigenvalue weighted by Crippen LogP contribution is 2.44. The summed E-state index contributed by atoms with van der Waals surface area (Å²) in [6.45, 7) is 8.09. The van der Waals surface area contributed by atoms with Crippen molar-refractivity contribution < 1.29 is 19.7 Å². The lowest BCUT2D eigenvalue weighted by atomic mass is 9.66. The predicted molar refractivity (Wildman–Crippen MR) is 108 cm³/mol. The normalized spacial score (nSPS) is 30.8. The molecule has 27 heavy (non-hydrogen) atoms. The van der Waals surface area contributed by atoms with Crippen LogP contribution in [-0.4, -0.2) is 34.5 Å². The number of rotatable bonds is 9. The summed E-state index contributed by atoms with van der Waals surface area (Å²) in [6.07, 6.45) is 11.0. The van der Waals surface area contributed by atoms with Crippen LogP contribution in [0.1, 0.15) is 72.6 Å². The fourth-order valence-corrected chi connectivity index (χ4v) is 4.37.